The number of ether oxygens (including phenoxy) is 2. The number of nitrogens with two attached hydrogens (primary N) is 1. The minimum absolute atomic E-state index is 0.0628. The van der Waals surface area contributed by atoms with Gasteiger partial charge in [0.15, 0.2) is 0 Å². The number of carbonyl (C=O) groups is 2. The van der Waals surface area contributed by atoms with Gasteiger partial charge in [0.1, 0.15) is 12.7 Å². The summed E-state index contributed by atoms with van der Waals surface area (Å²) in [5.74, 6) is -0.943. The predicted molar refractivity (Wildman–Crippen MR) is 62.1 cm³/mol. The summed E-state index contributed by atoms with van der Waals surface area (Å²) in [6, 6.07) is 0. The lowest BCUT2D eigenvalue weighted by molar-refractivity contribution is -0.155. The lowest BCUT2D eigenvalue weighted by Crippen LogP contribution is -2.34. The van der Waals surface area contributed by atoms with Crippen LogP contribution in [0.5, 0.6) is 0 Å². The molecule has 5 heteroatoms. The Balaban J connectivity index is 2.45. The van der Waals surface area contributed by atoms with Gasteiger partial charge in [0.25, 0.3) is 0 Å². The van der Waals surface area contributed by atoms with Gasteiger partial charge in [-0.3, -0.25) is 9.59 Å². The van der Waals surface area contributed by atoms with E-state index in [2.05, 4.69) is 0 Å². The first-order valence-corrected chi connectivity index (χ1v) is 5.95. The first-order valence-electron chi connectivity index (χ1n) is 5.95. The number of esters is 1. The molecule has 0 aliphatic carbocycles. The number of primary amides is 1. The van der Waals surface area contributed by atoms with Crippen molar-refractivity contribution in [1.82, 2.24) is 0 Å². The van der Waals surface area contributed by atoms with Gasteiger partial charge in [-0.15, -0.1) is 0 Å². The van der Waals surface area contributed by atoms with E-state index in [0.717, 1.165) is 0 Å². The third-order valence-electron chi connectivity index (χ3n) is 3.01. The van der Waals surface area contributed by atoms with E-state index in [0.29, 0.717) is 26.1 Å². The zero-order chi connectivity index (χ0) is 13.1. The van der Waals surface area contributed by atoms with Crippen LogP contribution in [0.2, 0.25) is 0 Å². The monoisotopic (exact) mass is 243 g/mol. The minimum atomic E-state index is -0.690. The quantitative estimate of drug-likeness (QED) is 0.531. The fourth-order valence-corrected chi connectivity index (χ4v) is 1.67. The molecule has 1 rings (SSSR count). The van der Waals surface area contributed by atoms with Crippen LogP contribution in [0, 0.1) is 11.3 Å². The highest BCUT2D eigenvalue weighted by molar-refractivity contribution is 5.80. The maximum Gasteiger partial charge on any atom is 0.311 e. The van der Waals surface area contributed by atoms with Crippen LogP contribution >= 0.6 is 0 Å². The first kappa shape index (κ1) is 14.0. The van der Waals surface area contributed by atoms with E-state index in [-0.39, 0.29) is 23.9 Å². The second-order valence-corrected chi connectivity index (χ2v) is 5.15. The molecule has 0 saturated carbocycles. The third-order valence-corrected chi connectivity index (χ3v) is 3.01. The molecule has 1 aliphatic rings. The molecule has 0 aromatic carbocycles. The average molecular weight is 243 g/mol. The van der Waals surface area contributed by atoms with Gasteiger partial charge in [0.05, 0.1) is 12.0 Å². The molecule has 1 heterocycles. The Morgan fingerprint density at radius 3 is 2.53 bits per heavy atom. The average Bonchev–Trinajstić information content (AvgIpc) is 3.05. The number of rotatable bonds is 7. The van der Waals surface area contributed by atoms with Crippen molar-refractivity contribution in [2.45, 2.75) is 39.7 Å². The Labute approximate surface area is 102 Å². The summed E-state index contributed by atoms with van der Waals surface area (Å²) in [5.41, 5.74) is 4.59. The second-order valence-electron chi connectivity index (χ2n) is 5.15. The van der Waals surface area contributed by atoms with Gasteiger partial charge in [-0.25, -0.2) is 0 Å². The van der Waals surface area contributed by atoms with E-state index in [9.17, 15) is 9.59 Å². The summed E-state index contributed by atoms with van der Waals surface area (Å²) in [7, 11) is 0. The van der Waals surface area contributed by atoms with Crippen molar-refractivity contribution in [1.29, 1.82) is 0 Å². The van der Waals surface area contributed by atoms with Crippen LogP contribution in [0.1, 0.15) is 33.6 Å². The summed E-state index contributed by atoms with van der Waals surface area (Å²) in [6.07, 6.45) is 1.12. The number of amides is 1. The molecule has 98 valence electrons. The molecular weight excluding hydrogens is 222 g/mol. The Morgan fingerprint density at radius 1 is 1.53 bits per heavy atom. The highest BCUT2D eigenvalue weighted by Gasteiger charge is 2.35. The van der Waals surface area contributed by atoms with Crippen molar-refractivity contribution in [2.75, 3.05) is 13.2 Å². The van der Waals surface area contributed by atoms with Gasteiger partial charge in [0.2, 0.25) is 5.91 Å². The highest BCUT2D eigenvalue weighted by atomic mass is 16.6. The lowest BCUT2D eigenvalue weighted by atomic mass is 9.81. The molecule has 0 aromatic rings. The van der Waals surface area contributed by atoms with Crippen molar-refractivity contribution in [3.8, 4) is 0 Å². The molecule has 1 aliphatic heterocycles. The second kappa shape index (κ2) is 5.49. The van der Waals surface area contributed by atoms with Crippen LogP contribution < -0.4 is 5.73 Å². The van der Waals surface area contributed by atoms with Crippen LogP contribution in [-0.2, 0) is 19.1 Å². The molecule has 17 heavy (non-hydrogen) atoms. The summed E-state index contributed by atoms with van der Waals surface area (Å²) < 4.78 is 10.1. The van der Waals surface area contributed by atoms with E-state index in [1.165, 1.54) is 0 Å². The summed E-state index contributed by atoms with van der Waals surface area (Å²) in [6.45, 7) is 6.39. The van der Waals surface area contributed by atoms with Gasteiger partial charge in [0, 0.05) is 5.92 Å². The van der Waals surface area contributed by atoms with E-state index >= 15 is 0 Å². The van der Waals surface area contributed by atoms with Crippen LogP contribution in [0.3, 0.4) is 0 Å². The molecule has 2 unspecified atom stereocenters. The summed E-state index contributed by atoms with van der Waals surface area (Å²) >= 11 is 0. The fourth-order valence-electron chi connectivity index (χ4n) is 1.67. The largest absolute Gasteiger partial charge is 0.462 e. The van der Waals surface area contributed by atoms with Gasteiger partial charge in [-0.05, 0) is 26.7 Å². The number of carbonyl (C=O) groups excluding carboxylic acids is 2. The summed E-state index contributed by atoms with van der Waals surface area (Å²) in [4.78, 5) is 23.0. The number of hydrogen-bond acceptors (Lipinski definition) is 4. The van der Waals surface area contributed by atoms with E-state index in [4.69, 9.17) is 15.2 Å². The van der Waals surface area contributed by atoms with Gasteiger partial charge in [-0.2, -0.15) is 0 Å². The highest BCUT2D eigenvalue weighted by Crippen LogP contribution is 2.29. The van der Waals surface area contributed by atoms with Gasteiger partial charge >= 0.3 is 5.97 Å². The van der Waals surface area contributed by atoms with Crippen LogP contribution in [0.15, 0.2) is 0 Å². The SMILES string of the molecule is CCC(CC(C)(C)C(=O)OCC1CO1)C(N)=O. The molecule has 0 bridgehead atoms. The molecule has 0 spiro atoms. The Kier molecular flexibility index (Phi) is 4.51. The Morgan fingerprint density at radius 2 is 2.12 bits per heavy atom. The zero-order valence-electron chi connectivity index (χ0n) is 10.7. The topological polar surface area (TPSA) is 81.9 Å². The Hall–Kier alpha value is -1.10. The summed E-state index contributed by atoms with van der Waals surface area (Å²) in [5, 5.41) is 0. The maximum absolute atomic E-state index is 11.8. The van der Waals surface area contributed by atoms with Crippen LogP contribution in [0.4, 0.5) is 0 Å². The van der Waals surface area contributed by atoms with Crippen molar-refractivity contribution in [3.05, 3.63) is 0 Å². The molecule has 0 radical (unpaired) electrons. The molecule has 5 nitrogen and oxygen atoms in total. The van der Waals surface area contributed by atoms with Crippen molar-refractivity contribution >= 4 is 11.9 Å². The molecular formula is C12H21NO4. The van der Waals surface area contributed by atoms with Gasteiger partial charge < -0.3 is 15.2 Å². The standard InChI is InChI=1S/C12H21NO4/c1-4-8(10(13)14)5-12(2,3)11(15)17-7-9-6-16-9/h8-9H,4-7H2,1-3H3,(H2,13,14). The van der Waals surface area contributed by atoms with Crippen molar-refractivity contribution in [2.24, 2.45) is 17.1 Å². The van der Waals surface area contributed by atoms with Crippen molar-refractivity contribution < 1.29 is 19.1 Å². The van der Waals surface area contributed by atoms with E-state index in [1.807, 2.05) is 6.92 Å². The smallest absolute Gasteiger partial charge is 0.311 e. The van der Waals surface area contributed by atoms with Gasteiger partial charge in [-0.1, -0.05) is 6.92 Å². The molecule has 2 atom stereocenters. The molecule has 1 fully saturated rings. The van der Waals surface area contributed by atoms with Crippen LogP contribution in [-0.4, -0.2) is 31.2 Å². The normalized spacial score (nSPS) is 20.8. The minimum Gasteiger partial charge on any atom is -0.462 e. The molecule has 0 aromatic heterocycles. The number of epoxide rings is 1. The molecule has 1 amide bonds. The molecule has 2 N–H and O–H groups in total. The number of hydrogen-bond donors (Lipinski definition) is 1. The first-order chi connectivity index (χ1) is 7.86. The van der Waals surface area contributed by atoms with Crippen molar-refractivity contribution in [3.63, 3.8) is 0 Å². The maximum atomic E-state index is 11.8. The van der Waals surface area contributed by atoms with E-state index < -0.39 is 5.41 Å². The fraction of sp³-hybridized carbons (Fsp3) is 0.833. The molecule has 1 saturated heterocycles. The third kappa shape index (κ3) is 4.34. The van der Waals surface area contributed by atoms with Crippen LogP contribution in [0.25, 0.3) is 0 Å². The lowest BCUT2D eigenvalue weighted by Gasteiger charge is -2.25. The zero-order valence-corrected chi connectivity index (χ0v) is 10.7. The predicted octanol–water partition coefficient (Wildman–Crippen LogP) is 0.856. The van der Waals surface area contributed by atoms with E-state index in [1.54, 1.807) is 13.8 Å². The Bertz CT molecular complexity index is 297.